The average Bonchev–Trinajstić information content (AvgIpc) is 2.37. The lowest BCUT2D eigenvalue weighted by molar-refractivity contribution is 0.131. The molecule has 0 unspecified atom stereocenters. The summed E-state index contributed by atoms with van der Waals surface area (Å²) in [7, 11) is 2.11. The van der Waals surface area contributed by atoms with E-state index >= 15 is 0 Å². The van der Waals surface area contributed by atoms with Crippen LogP contribution in [0, 0.1) is 0 Å². The molecule has 2 rings (SSSR count). The van der Waals surface area contributed by atoms with Crippen LogP contribution >= 0.6 is 35.4 Å². The summed E-state index contributed by atoms with van der Waals surface area (Å²) >= 11 is 17.3. The van der Waals surface area contributed by atoms with Crippen LogP contribution in [0.1, 0.15) is 0 Å². The maximum Gasteiger partial charge on any atom is 0.185 e. The highest BCUT2D eigenvalue weighted by Gasteiger charge is 2.14. The fourth-order valence-electron chi connectivity index (χ4n) is 1.81. The van der Waals surface area contributed by atoms with Gasteiger partial charge in [-0.1, -0.05) is 23.2 Å². The number of benzene rings is 1. The van der Waals surface area contributed by atoms with E-state index in [4.69, 9.17) is 35.4 Å². The Bertz CT molecular complexity index is 461. The van der Waals surface area contributed by atoms with E-state index in [2.05, 4.69) is 27.7 Å². The zero-order valence-electron chi connectivity index (χ0n) is 10.6. The van der Waals surface area contributed by atoms with Crippen molar-refractivity contribution in [2.24, 2.45) is 0 Å². The van der Waals surface area contributed by atoms with Crippen LogP contribution in [0.5, 0.6) is 0 Å². The number of halogens is 2. The normalized spacial score (nSPS) is 17.2. The Morgan fingerprint density at radius 1 is 1.21 bits per heavy atom. The molecule has 1 aliphatic heterocycles. The predicted molar refractivity (Wildman–Crippen MR) is 84.9 cm³/mol. The summed E-state index contributed by atoms with van der Waals surface area (Å²) in [6.45, 7) is 3.91. The highest BCUT2D eigenvalue weighted by molar-refractivity contribution is 7.80. The Balaban J connectivity index is 1.89. The Morgan fingerprint density at radius 2 is 1.89 bits per heavy atom. The van der Waals surface area contributed by atoms with Gasteiger partial charge in [-0.05, 0) is 37.5 Å². The van der Waals surface area contributed by atoms with Gasteiger partial charge < -0.3 is 10.2 Å². The van der Waals surface area contributed by atoms with E-state index in [9.17, 15) is 0 Å². The van der Waals surface area contributed by atoms with E-state index in [1.165, 1.54) is 0 Å². The molecule has 1 fully saturated rings. The van der Waals surface area contributed by atoms with E-state index < -0.39 is 0 Å². The van der Waals surface area contributed by atoms with Gasteiger partial charge in [0.25, 0.3) is 0 Å². The number of piperazine rings is 1. The summed E-state index contributed by atoms with van der Waals surface area (Å²) in [5.41, 5.74) is 3.87. The molecule has 1 heterocycles. The zero-order chi connectivity index (χ0) is 13.8. The molecular weight excluding hydrogens is 303 g/mol. The van der Waals surface area contributed by atoms with Gasteiger partial charge in [0.15, 0.2) is 5.11 Å². The third kappa shape index (κ3) is 4.47. The molecular formula is C12H16Cl2N4S. The molecule has 0 spiro atoms. The molecule has 0 atom stereocenters. The summed E-state index contributed by atoms with van der Waals surface area (Å²) < 4.78 is 0. The topological polar surface area (TPSA) is 30.5 Å². The average molecular weight is 319 g/mol. The number of thiocarbonyl (C=S) groups is 1. The molecule has 19 heavy (non-hydrogen) atoms. The van der Waals surface area contributed by atoms with Crippen molar-refractivity contribution < 1.29 is 0 Å². The summed E-state index contributed by atoms with van der Waals surface area (Å²) in [5, 5.41) is 6.88. The number of anilines is 1. The number of hydrogen-bond donors (Lipinski definition) is 2. The molecule has 0 amide bonds. The van der Waals surface area contributed by atoms with E-state index in [0.717, 1.165) is 26.2 Å². The lowest BCUT2D eigenvalue weighted by Gasteiger charge is -2.33. The molecule has 0 aromatic heterocycles. The molecule has 1 saturated heterocycles. The maximum absolute atomic E-state index is 6.07. The fraction of sp³-hybridized carbons (Fsp3) is 0.417. The van der Waals surface area contributed by atoms with Gasteiger partial charge in [0.1, 0.15) is 0 Å². The van der Waals surface area contributed by atoms with E-state index in [1.54, 1.807) is 18.2 Å². The first-order valence-corrected chi connectivity index (χ1v) is 7.17. The van der Waals surface area contributed by atoms with Gasteiger partial charge in [-0.3, -0.25) is 5.43 Å². The number of hydrogen-bond acceptors (Lipinski definition) is 3. The quantitative estimate of drug-likeness (QED) is 0.818. The van der Waals surface area contributed by atoms with Crippen LogP contribution in [0.4, 0.5) is 5.69 Å². The maximum atomic E-state index is 6.07. The monoisotopic (exact) mass is 318 g/mol. The van der Waals surface area contributed by atoms with Crippen molar-refractivity contribution in [2.75, 3.05) is 38.5 Å². The second kappa shape index (κ2) is 6.72. The van der Waals surface area contributed by atoms with Crippen LogP contribution < -0.4 is 10.7 Å². The summed E-state index contributed by atoms with van der Waals surface area (Å²) in [6.07, 6.45) is 0. The number of hydrazine groups is 1. The van der Waals surface area contributed by atoms with Crippen molar-refractivity contribution in [1.29, 1.82) is 0 Å². The van der Waals surface area contributed by atoms with Crippen LogP contribution in [-0.2, 0) is 0 Å². The van der Waals surface area contributed by atoms with Gasteiger partial charge in [0, 0.05) is 31.2 Å². The molecule has 104 valence electrons. The molecule has 0 aliphatic carbocycles. The van der Waals surface area contributed by atoms with Gasteiger partial charge in [0.2, 0.25) is 0 Å². The highest BCUT2D eigenvalue weighted by Crippen LogP contribution is 2.25. The largest absolute Gasteiger partial charge is 0.330 e. The first kappa shape index (κ1) is 14.8. The van der Waals surface area contributed by atoms with Crippen molar-refractivity contribution in [3.05, 3.63) is 28.2 Å². The molecule has 0 bridgehead atoms. The first-order valence-electron chi connectivity index (χ1n) is 6.01. The van der Waals surface area contributed by atoms with Gasteiger partial charge in [0.05, 0.1) is 10.7 Å². The minimum atomic E-state index is 0.522. The Hall–Kier alpha value is -0.590. The lowest BCUT2D eigenvalue weighted by atomic mass is 10.3. The second-order valence-electron chi connectivity index (χ2n) is 4.48. The Morgan fingerprint density at radius 3 is 2.58 bits per heavy atom. The standard InChI is InChI=1S/C12H16Cl2N4S/c1-17-4-6-18(7-5-17)16-12(19)15-11-8-9(13)2-3-10(11)14/h2-3,8H,4-7H2,1H3,(H2,15,16,19). The Kier molecular flexibility index (Phi) is 5.24. The summed E-state index contributed by atoms with van der Waals surface area (Å²) in [4.78, 5) is 2.28. The first-order chi connectivity index (χ1) is 9.04. The van der Waals surface area contributed by atoms with Crippen molar-refractivity contribution in [2.45, 2.75) is 0 Å². The number of rotatable bonds is 2. The molecule has 1 aromatic carbocycles. The molecule has 0 radical (unpaired) electrons. The molecule has 7 heteroatoms. The molecule has 4 nitrogen and oxygen atoms in total. The van der Waals surface area contributed by atoms with Crippen LogP contribution in [0.2, 0.25) is 10.0 Å². The van der Waals surface area contributed by atoms with E-state index in [-0.39, 0.29) is 0 Å². The SMILES string of the molecule is CN1CCN(NC(=S)Nc2cc(Cl)ccc2Cl)CC1. The number of nitrogens with one attached hydrogen (secondary N) is 2. The van der Waals surface area contributed by atoms with Gasteiger partial charge in [-0.25, -0.2) is 5.01 Å². The van der Waals surface area contributed by atoms with Gasteiger partial charge in [-0.2, -0.15) is 0 Å². The van der Waals surface area contributed by atoms with Crippen molar-refractivity contribution in [1.82, 2.24) is 15.3 Å². The van der Waals surface area contributed by atoms with E-state index in [1.807, 2.05) is 0 Å². The van der Waals surface area contributed by atoms with Crippen molar-refractivity contribution in [3.63, 3.8) is 0 Å². The fourth-order valence-corrected chi connectivity index (χ4v) is 2.38. The van der Waals surface area contributed by atoms with Crippen LogP contribution in [-0.4, -0.2) is 48.2 Å². The van der Waals surface area contributed by atoms with Crippen LogP contribution in [0.3, 0.4) is 0 Å². The number of likely N-dealkylation sites (N-methyl/N-ethyl adjacent to an activating group) is 1. The second-order valence-corrected chi connectivity index (χ2v) is 5.73. The van der Waals surface area contributed by atoms with Crippen LogP contribution in [0.25, 0.3) is 0 Å². The zero-order valence-corrected chi connectivity index (χ0v) is 12.9. The minimum absolute atomic E-state index is 0.522. The third-order valence-corrected chi connectivity index (χ3v) is 3.70. The number of nitrogens with zero attached hydrogens (tertiary/aromatic N) is 2. The lowest BCUT2D eigenvalue weighted by Crippen LogP contribution is -2.53. The molecule has 1 aromatic rings. The molecule has 0 saturated carbocycles. The van der Waals surface area contributed by atoms with Crippen LogP contribution in [0.15, 0.2) is 18.2 Å². The van der Waals surface area contributed by atoms with E-state index in [0.29, 0.717) is 20.8 Å². The summed E-state index contributed by atoms with van der Waals surface area (Å²) in [6, 6.07) is 5.23. The van der Waals surface area contributed by atoms with Gasteiger partial charge in [-0.15, -0.1) is 0 Å². The minimum Gasteiger partial charge on any atom is -0.330 e. The summed E-state index contributed by atoms with van der Waals surface area (Å²) in [5.74, 6) is 0. The van der Waals surface area contributed by atoms with Gasteiger partial charge >= 0.3 is 0 Å². The van der Waals surface area contributed by atoms with Crippen molar-refractivity contribution >= 4 is 46.2 Å². The molecule has 1 aliphatic rings. The Labute approximate surface area is 128 Å². The third-order valence-electron chi connectivity index (χ3n) is 2.94. The highest BCUT2D eigenvalue weighted by atomic mass is 35.5. The van der Waals surface area contributed by atoms with Crippen molar-refractivity contribution in [3.8, 4) is 0 Å². The smallest absolute Gasteiger partial charge is 0.185 e. The molecule has 2 N–H and O–H groups in total. The predicted octanol–water partition coefficient (Wildman–Crippen LogP) is 2.44.